The third kappa shape index (κ3) is 4.05. The Bertz CT molecular complexity index is 520. The Labute approximate surface area is 127 Å². The number of fused-ring (bicyclic) bond motifs is 1. The number of hydrogen-bond acceptors (Lipinski definition) is 4. The summed E-state index contributed by atoms with van der Waals surface area (Å²) >= 11 is 0. The fourth-order valence-corrected chi connectivity index (χ4v) is 2.86. The highest BCUT2D eigenvalue weighted by Gasteiger charge is 2.23. The molecule has 0 radical (unpaired) electrons. The van der Waals surface area contributed by atoms with Crippen molar-refractivity contribution in [3.8, 4) is 0 Å². The van der Waals surface area contributed by atoms with E-state index >= 15 is 0 Å². The van der Waals surface area contributed by atoms with E-state index in [9.17, 15) is 0 Å². The Morgan fingerprint density at radius 1 is 1.33 bits per heavy atom. The summed E-state index contributed by atoms with van der Waals surface area (Å²) in [6.07, 6.45) is 6.03. The van der Waals surface area contributed by atoms with Crippen molar-refractivity contribution in [3.63, 3.8) is 0 Å². The van der Waals surface area contributed by atoms with Crippen LogP contribution in [0.4, 0.5) is 5.69 Å². The van der Waals surface area contributed by atoms with Gasteiger partial charge in [0.1, 0.15) is 5.84 Å². The maximum absolute atomic E-state index is 4.93. The molecule has 1 aliphatic heterocycles. The molecule has 0 unspecified atom stereocenters. The number of amidine groups is 1. The number of nitrogens with zero attached hydrogens (tertiary/aromatic N) is 2. The predicted molar refractivity (Wildman–Crippen MR) is 87.7 cm³/mol. The predicted octanol–water partition coefficient (Wildman–Crippen LogP) is 2.75. The van der Waals surface area contributed by atoms with Gasteiger partial charge in [-0.2, -0.15) is 0 Å². The van der Waals surface area contributed by atoms with Gasteiger partial charge in [-0.1, -0.05) is 12.1 Å². The molecule has 4 nitrogen and oxygen atoms in total. The molecule has 2 N–H and O–H groups in total. The highest BCUT2D eigenvalue weighted by atomic mass is 15.4. The Morgan fingerprint density at radius 3 is 3.00 bits per heavy atom. The molecular weight excluding hydrogens is 260 g/mol. The Hall–Kier alpha value is -1.39. The number of nitrogens with one attached hydrogen (secondary N) is 2. The van der Waals surface area contributed by atoms with Gasteiger partial charge < -0.3 is 5.43 Å². The molecule has 0 saturated heterocycles. The molecule has 3 rings (SSSR count). The number of aryl methyl sites for hydroxylation is 1. The number of hydrogen-bond donors (Lipinski definition) is 2. The molecule has 0 spiro atoms. The Kier molecular flexibility index (Phi) is 4.56. The summed E-state index contributed by atoms with van der Waals surface area (Å²) in [5.41, 5.74) is 10.6. The van der Waals surface area contributed by atoms with Gasteiger partial charge in [-0.25, -0.2) is 10.4 Å². The lowest BCUT2D eigenvalue weighted by Crippen LogP contribution is -2.43. The number of hydrazine groups is 1. The van der Waals surface area contributed by atoms with E-state index in [1.807, 2.05) is 0 Å². The van der Waals surface area contributed by atoms with E-state index in [4.69, 9.17) is 4.99 Å². The molecule has 2 aliphatic rings. The van der Waals surface area contributed by atoms with E-state index < -0.39 is 0 Å². The highest BCUT2D eigenvalue weighted by molar-refractivity contribution is 5.85. The second-order valence-electron chi connectivity index (χ2n) is 6.42. The molecule has 0 bridgehead atoms. The molecule has 114 valence electrons. The average Bonchev–Trinajstić information content (AvgIpc) is 3.25. The van der Waals surface area contributed by atoms with E-state index in [1.54, 1.807) is 0 Å². The second-order valence-corrected chi connectivity index (χ2v) is 6.42. The van der Waals surface area contributed by atoms with Crippen molar-refractivity contribution in [2.75, 3.05) is 20.3 Å². The van der Waals surface area contributed by atoms with Gasteiger partial charge in [-0.15, -0.1) is 0 Å². The first-order chi connectivity index (χ1) is 10.2. The van der Waals surface area contributed by atoms with Crippen LogP contribution in [0.25, 0.3) is 0 Å². The van der Waals surface area contributed by atoms with Crippen LogP contribution in [0.15, 0.2) is 23.2 Å². The topological polar surface area (TPSA) is 39.7 Å². The summed E-state index contributed by atoms with van der Waals surface area (Å²) < 4.78 is 0. The van der Waals surface area contributed by atoms with Crippen molar-refractivity contribution in [3.05, 3.63) is 29.3 Å². The van der Waals surface area contributed by atoms with E-state index in [2.05, 4.69) is 47.9 Å². The van der Waals surface area contributed by atoms with Crippen molar-refractivity contribution < 1.29 is 0 Å². The quantitative estimate of drug-likeness (QED) is 0.878. The zero-order valence-electron chi connectivity index (χ0n) is 13.2. The third-order valence-corrected chi connectivity index (χ3v) is 4.37. The summed E-state index contributed by atoms with van der Waals surface area (Å²) in [5, 5.41) is 0. The smallest absolute Gasteiger partial charge is 0.117 e. The zero-order chi connectivity index (χ0) is 14.7. The molecule has 0 amide bonds. The first-order valence-electron chi connectivity index (χ1n) is 8.06. The van der Waals surface area contributed by atoms with Crippen LogP contribution < -0.4 is 10.9 Å². The highest BCUT2D eigenvalue weighted by Crippen LogP contribution is 2.33. The van der Waals surface area contributed by atoms with E-state index in [0.717, 1.165) is 43.5 Å². The molecule has 21 heavy (non-hydrogen) atoms. The van der Waals surface area contributed by atoms with Crippen LogP contribution in [0.3, 0.4) is 0 Å². The maximum Gasteiger partial charge on any atom is 0.117 e. The lowest BCUT2D eigenvalue weighted by atomic mass is 10.0. The van der Waals surface area contributed by atoms with Crippen LogP contribution >= 0.6 is 0 Å². The van der Waals surface area contributed by atoms with Gasteiger partial charge in [-0.3, -0.25) is 4.90 Å². The average molecular weight is 286 g/mol. The van der Waals surface area contributed by atoms with Crippen LogP contribution in [-0.4, -0.2) is 31.0 Å². The van der Waals surface area contributed by atoms with Crippen molar-refractivity contribution >= 4 is 11.5 Å². The monoisotopic (exact) mass is 286 g/mol. The fraction of sp³-hybridized carbons (Fsp3) is 0.588. The van der Waals surface area contributed by atoms with Crippen LogP contribution in [0.2, 0.25) is 0 Å². The minimum atomic E-state index is 0.828. The van der Waals surface area contributed by atoms with Gasteiger partial charge >= 0.3 is 0 Å². The molecule has 4 heteroatoms. The van der Waals surface area contributed by atoms with Crippen LogP contribution in [-0.2, 0) is 6.42 Å². The molecule has 1 heterocycles. The fourth-order valence-electron chi connectivity index (χ4n) is 2.86. The van der Waals surface area contributed by atoms with E-state index in [-0.39, 0.29) is 0 Å². The minimum absolute atomic E-state index is 0.828. The van der Waals surface area contributed by atoms with Gasteiger partial charge in [0.15, 0.2) is 0 Å². The summed E-state index contributed by atoms with van der Waals surface area (Å²) in [5.74, 6) is 1.91. The zero-order valence-corrected chi connectivity index (χ0v) is 13.2. The third-order valence-electron chi connectivity index (χ3n) is 4.37. The van der Waals surface area contributed by atoms with Gasteiger partial charge in [0.25, 0.3) is 0 Å². The minimum Gasteiger partial charge on any atom is -0.308 e. The standard InChI is InChI=1S/C17H26N4/c1-13-5-3-7-16-15(13)6-4-10-21(2)12-18-20-17(19-16)11-14-8-9-14/h3,5,7,14,18H,4,6,8-12H2,1-2H3,(H,19,20). The molecule has 1 saturated carbocycles. The molecule has 1 aliphatic carbocycles. The Balaban J connectivity index is 1.88. The van der Waals surface area contributed by atoms with Gasteiger partial charge in [-0.05, 0) is 69.3 Å². The summed E-state index contributed by atoms with van der Waals surface area (Å²) in [4.78, 5) is 7.24. The molecule has 1 fully saturated rings. The lowest BCUT2D eigenvalue weighted by molar-refractivity contribution is 0.295. The van der Waals surface area contributed by atoms with Crippen LogP contribution in [0.5, 0.6) is 0 Å². The first kappa shape index (κ1) is 14.5. The largest absolute Gasteiger partial charge is 0.308 e. The van der Waals surface area contributed by atoms with Gasteiger partial charge in [0.05, 0.1) is 12.4 Å². The second kappa shape index (κ2) is 6.58. The number of benzene rings is 1. The molecule has 0 atom stereocenters. The van der Waals surface area contributed by atoms with Crippen molar-refractivity contribution in [2.45, 2.75) is 39.0 Å². The lowest BCUT2D eigenvalue weighted by Gasteiger charge is -2.18. The SMILES string of the molecule is Cc1cccc2c1CCCN(C)CNN/C(CC1CC1)=N\2. The normalized spacial score (nSPS) is 23.4. The summed E-state index contributed by atoms with van der Waals surface area (Å²) in [7, 11) is 2.16. The summed E-state index contributed by atoms with van der Waals surface area (Å²) in [6.45, 7) is 4.14. The van der Waals surface area contributed by atoms with Crippen LogP contribution in [0, 0.1) is 12.8 Å². The molecule has 1 aromatic rings. The van der Waals surface area contributed by atoms with Gasteiger partial charge in [0, 0.05) is 6.42 Å². The molecular formula is C17H26N4. The van der Waals surface area contributed by atoms with Crippen molar-refractivity contribution in [1.82, 2.24) is 15.8 Å². The molecule has 0 aromatic heterocycles. The van der Waals surface area contributed by atoms with Crippen molar-refractivity contribution in [2.24, 2.45) is 10.9 Å². The Morgan fingerprint density at radius 2 is 2.19 bits per heavy atom. The summed E-state index contributed by atoms with van der Waals surface area (Å²) in [6, 6.07) is 6.47. The van der Waals surface area contributed by atoms with E-state index in [0.29, 0.717) is 0 Å². The first-order valence-corrected chi connectivity index (χ1v) is 8.06. The van der Waals surface area contributed by atoms with Crippen LogP contribution in [0.1, 0.15) is 36.8 Å². The number of aliphatic imine (C=N–C) groups is 1. The van der Waals surface area contributed by atoms with Gasteiger partial charge in [0.2, 0.25) is 0 Å². The number of rotatable bonds is 2. The molecule has 1 aromatic carbocycles. The van der Waals surface area contributed by atoms with Crippen molar-refractivity contribution in [1.29, 1.82) is 0 Å². The maximum atomic E-state index is 4.93. The van der Waals surface area contributed by atoms with E-state index in [1.165, 1.54) is 30.4 Å².